The van der Waals surface area contributed by atoms with E-state index in [4.69, 9.17) is 0 Å². The van der Waals surface area contributed by atoms with E-state index in [0.717, 1.165) is 24.4 Å². The van der Waals surface area contributed by atoms with Gasteiger partial charge in [0.05, 0.1) is 11.7 Å². The summed E-state index contributed by atoms with van der Waals surface area (Å²) in [5, 5.41) is 3.12. The maximum absolute atomic E-state index is 12.2. The van der Waals surface area contributed by atoms with Crippen LogP contribution in [0.1, 0.15) is 36.8 Å². The minimum absolute atomic E-state index is 0.0272. The number of nitrogens with zero attached hydrogens (tertiary/aromatic N) is 4. The normalized spacial score (nSPS) is 15.7. The second-order valence-corrected chi connectivity index (χ2v) is 5.48. The minimum atomic E-state index is 0.0272. The first-order valence-electron chi connectivity index (χ1n) is 7.25. The van der Waals surface area contributed by atoms with Crippen molar-refractivity contribution in [3.63, 3.8) is 0 Å². The van der Waals surface area contributed by atoms with E-state index in [9.17, 15) is 4.79 Å². The van der Waals surface area contributed by atoms with Crippen LogP contribution in [0.4, 0.5) is 0 Å². The molecule has 6 heteroatoms. The molecule has 0 bridgehead atoms. The summed E-state index contributed by atoms with van der Waals surface area (Å²) in [6.07, 6.45) is 12.0. The smallest absolute Gasteiger partial charge is 0.220 e. The number of carbonyl (C=O) groups excluding carboxylic acids is 1. The lowest BCUT2D eigenvalue weighted by molar-refractivity contribution is -0.122. The van der Waals surface area contributed by atoms with Crippen LogP contribution in [0.2, 0.25) is 0 Å². The number of imidazole rings is 1. The first kappa shape index (κ1) is 13.7. The fourth-order valence-electron chi connectivity index (χ4n) is 2.45. The highest BCUT2D eigenvalue weighted by atomic mass is 16.1. The zero-order valence-electron chi connectivity index (χ0n) is 12.1. The summed E-state index contributed by atoms with van der Waals surface area (Å²) in [6, 6.07) is 0.0272. The third kappa shape index (κ3) is 3.45. The van der Waals surface area contributed by atoms with Gasteiger partial charge in [-0.15, -0.1) is 0 Å². The van der Waals surface area contributed by atoms with Crippen molar-refractivity contribution in [1.29, 1.82) is 0 Å². The van der Waals surface area contributed by atoms with Gasteiger partial charge in [-0.25, -0.2) is 4.98 Å². The van der Waals surface area contributed by atoms with E-state index >= 15 is 0 Å². The Bertz CT molecular complexity index is 606. The molecule has 1 saturated carbocycles. The van der Waals surface area contributed by atoms with Crippen LogP contribution in [0.3, 0.4) is 0 Å². The summed E-state index contributed by atoms with van der Waals surface area (Å²) in [5.41, 5.74) is 0.840. The van der Waals surface area contributed by atoms with Crippen LogP contribution in [-0.4, -0.2) is 25.4 Å². The van der Waals surface area contributed by atoms with E-state index in [0.29, 0.717) is 18.8 Å². The molecule has 6 nitrogen and oxygen atoms in total. The molecule has 0 saturated heterocycles. The summed E-state index contributed by atoms with van der Waals surface area (Å²) in [4.78, 5) is 24.7. The van der Waals surface area contributed by atoms with Crippen LogP contribution in [0, 0.1) is 5.92 Å². The van der Waals surface area contributed by atoms with Crippen LogP contribution < -0.4 is 5.32 Å². The predicted octanol–water partition coefficient (Wildman–Crippen LogP) is 1.41. The maximum atomic E-state index is 12.2. The van der Waals surface area contributed by atoms with Crippen molar-refractivity contribution in [1.82, 2.24) is 24.8 Å². The monoisotopic (exact) mass is 285 g/mol. The Morgan fingerprint density at radius 2 is 2.24 bits per heavy atom. The number of nitrogens with one attached hydrogen (secondary N) is 1. The van der Waals surface area contributed by atoms with Crippen molar-refractivity contribution in [3.8, 4) is 0 Å². The Kier molecular flexibility index (Phi) is 3.94. The second-order valence-electron chi connectivity index (χ2n) is 5.48. The lowest BCUT2D eigenvalue weighted by Gasteiger charge is -2.18. The van der Waals surface area contributed by atoms with Crippen LogP contribution in [0.5, 0.6) is 0 Å². The lowest BCUT2D eigenvalue weighted by atomic mass is 10.1. The molecule has 110 valence electrons. The quantitative estimate of drug-likeness (QED) is 0.871. The molecule has 0 aliphatic heterocycles. The van der Waals surface area contributed by atoms with Gasteiger partial charge in [0.1, 0.15) is 5.82 Å². The van der Waals surface area contributed by atoms with Gasteiger partial charge in [-0.2, -0.15) is 0 Å². The largest absolute Gasteiger partial charge is 0.346 e. The molecule has 1 fully saturated rings. The summed E-state index contributed by atoms with van der Waals surface area (Å²) in [7, 11) is 1.96. The van der Waals surface area contributed by atoms with Crippen molar-refractivity contribution in [2.24, 2.45) is 13.0 Å². The van der Waals surface area contributed by atoms with Crippen molar-refractivity contribution in [2.75, 3.05) is 0 Å². The molecule has 1 aliphatic rings. The average Bonchev–Trinajstić information content (AvgIpc) is 3.26. The molecule has 2 aromatic heterocycles. The zero-order chi connectivity index (χ0) is 14.7. The highest BCUT2D eigenvalue weighted by Crippen LogP contribution is 2.40. The molecular formula is C15H19N5O. The van der Waals surface area contributed by atoms with Gasteiger partial charge in [0.2, 0.25) is 5.91 Å². The minimum Gasteiger partial charge on any atom is -0.346 e. The van der Waals surface area contributed by atoms with Crippen molar-refractivity contribution in [3.05, 3.63) is 42.5 Å². The molecule has 3 rings (SSSR count). The highest BCUT2D eigenvalue weighted by Gasteiger charge is 2.35. The average molecular weight is 285 g/mol. The number of aryl methyl sites for hydroxylation is 2. The van der Waals surface area contributed by atoms with Crippen LogP contribution in [0.25, 0.3) is 0 Å². The fourth-order valence-corrected chi connectivity index (χ4v) is 2.45. The van der Waals surface area contributed by atoms with Crippen molar-refractivity contribution >= 4 is 5.91 Å². The fraction of sp³-hybridized carbons (Fsp3) is 0.467. The predicted molar refractivity (Wildman–Crippen MR) is 77.2 cm³/mol. The Labute approximate surface area is 123 Å². The van der Waals surface area contributed by atoms with Gasteiger partial charge >= 0.3 is 0 Å². The summed E-state index contributed by atoms with van der Waals surface area (Å²) < 4.78 is 1.98. The molecule has 1 N–H and O–H groups in total. The molecule has 0 radical (unpaired) electrons. The van der Waals surface area contributed by atoms with Gasteiger partial charge in [0, 0.05) is 44.5 Å². The van der Waals surface area contributed by atoms with Gasteiger partial charge in [0.15, 0.2) is 0 Å². The summed E-state index contributed by atoms with van der Waals surface area (Å²) in [5.74, 6) is 1.50. The molecule has 2 heterocycles. The van der Waals surface area contributed by atoms with E-state index in [1.54, 1.807) is 24.8 Å². The van der Waals surface area contributed by atoms with Gasteiger partial charge < -0.3 is 9.88 Å². The number of rotatable bonds is 6. The first-order chi connectivity index (χ1) is 10.2. The van der Waals surface area contributed by atoms with Crippen molar-refractivity contribution in [2.45, 2.75) is 31.7 Å². The Morgan fingerprint density at radius 3 is 2.86 bits per heavy atom. The Morgan fingerprint density at radius 1 is 1.38 bits per heavy atom. The van der Waals surface area contributed by atoms with E-state index in [1.165, 1.54) is 0 Å². The SMILES string of the molecule is Cn1ccnc1[C@H](NC(=O)CCc1cnccn1)C1CC1. The highest BCUT2D eigenvalue weighted by molar-refractivity contribution is 5.76. The van der Waals surface area contributed by atoms with Crippen molar-refractivity contribution < 1.29 is 4.79 Å². The standard InChI is InChI=1S/C15H19N5O/c1-20-9-8-18-15(20)14(11-2-3-11)19-13(21)5-4-12-10-16-6-7-17-12/h6-11,14H,2-5H2,1H3,(H,19,21)/t14-/m1/s1. The lowest BCUT2D eigenvalue weighted by Crippen LogP contribution is -2.31. The van der Waals surface area contributed by atoms with Crippen LogP contribution in [-0.2, 0) is 18.3 Å². The number of carbonyl (C=O) groups is 1. The van der Waals surface area contributed by atoms with Gasteiger partial charge in [0.25, 0.3) is 0 Å². The summed E-state index contributed by atoms with van der Waals surface area (Å²) in [6.45, 7) is 0. The number of amides is 1. The third-order valence-electron chi connectivity index (χ3n) is 3.77. The molecule has 21 heavy (non-hydrogen) atoms. The van der Waals surface area contributed by atoms with E-state index in [1.807, 2.05) is 17.8 Å². The third-order valence-corrected chi connectivity index (χ3v) is 3.77. The molecule has 1 amide bonds. The second kappa shape index (κ2) is 6.03. The maximum Gasteiger partial charge on any atom is 0.220 e. The number of hydrogen-bond acceptors (Lipinski definition) is 4. The van der Waals surface area contributed by atoms with Crippen LogP contribution >= 0.6 is 0 Å². The molecule has 2 aromatic rings. The number of aromatic nitrogens is 4. The van der Waals surface area contributed by atoms with E-state index in [-0.39, 0.29) is 11.9 Å². The van der Waals surface area contributed by atoms with E-state index in [2.05, 4.69) is 20.3 Å². The number of hydrogen-bond donors (Lipinski definition) is 1. The molecule has 1 aliphatic carbocycles. The molecule has 0 unspecified atom stereocenters. The summed E-state index contributed by atoms with van der Waals surface area (Å²) >= 11 is 0. The zero-order valence-corrected chi connectivity index (χ0v) is 12.1. The molecular weight excluding hydrogens is 266 g/mol. The molecule has 0 aromatic carbocycles. The van der Waals surface area contributed by atoms with Crippen LogP contribution in [0.15, 0.2) is 31.0 Å². The van der Waals surface area contributed by atoms with Gasteiger partial charge in [-0.1, -0.05) is 0 Å². The molecule has 1 atom stereocenters. The van der Waals surface area contributed by atoms with Gasteiger partial charge in [-0.05, 0) is 25.2 Å². The first-order valence-corrected chi connectivity index (χ1v) is 7.25. The molecule has 0 spiro atoms. The Hall–Kier alpha value is -2.24. The van der Waals surface area contributed by atoms with E-state index < -0.39 is 0 Å². The van der Waals surface area contributed by atoms with Gasteiger partial charge in [-0.3, -0.25) is 14.8 Å². The Balaban J connectivity index is 1.59. The topological polar surface area (TPSA) is 72.7 Å².